The number of rotatable bonds is 0. The van der Waals surface area contributed by atoms with E-state index in [0.29, 0.717) is 0 Å². The van der Waals surface area contributed by atoms with E-state index in [4.69, 9.17) is 0 Å². The van der Waals surface area contributed by atoms with Crippen molar-refractivity contribution in [3.05, 3.63) is 34.1 Å². The molecule has 1 aromatic carbocycles. The minimum Gasteiger partial charge on any atom is -0.298 e. The molecule has 0 amide bonds. The molecule has 3 nitrogen and oxygen atoms in total. The molecule has 0 fully saturated rings. The Bertz CT molecular complexity index is 523. The molecule has 0 spiro atoms. The van der Waals surface area contributed by atoms with Gasteiger partial charge in [-0.15, -0.1) is 0 Å². The maximum Gasteiger partial charge on any atom is 0.416 e. The molecule has 2 N–H and O–H groups in total. The van der Waals surface area contributed by atoms with Gasteiger partial charge in [0.15, 0.2) is 0 Å². The molecule has 6 heteroatoms. The first-order chi connectivity index (χ1) is 6.48. The van der Waals surface area contributed by atoms with Crippen molar-refractivity contribution in [2.75, 3.05) is 0 Å². The molecule has 0 atom stereocenters. The van der Waals surface area contributed by atoms with E-state index in [0.717, 1.165) is 18.2 Å². The number of H-pyrrole nitrogens is 2. The summed E-state index contributed by atoms with van der Waals surface area (Å²) < 4.78 is 36.7. The Labute approximate surface area is 75.5 Å². The minimum atomic E-state index is -4.39. The molecule has 0 saturated carbocycles. The van der Waals surface area contributed by atoms with Gasteiger partial charge < -0.3 is 0 Å². The molecule has 14 heavy (non-hydrogen) atoms. The van der Waals surface area contributed by atoms with Crippen molar-refractivity contribution in [3.63, 3.8) is 0 Å². The number of aromatic amines is 2. The summed E-state index contributed by atoms with van der Waals surface area (Å²) in [5, 5.41) is 4.79. The molecule has 0 aliphatic carbocycles. The van der Waals surface area contributed by atoms with Gasteiger partial charge >= 0.3 is 6.18 Å². The third kappa shape index (κ3) is 1.28. The van der Waals surface area contributed by atoms with Gasteiger partial charge in [-0.05, 0) is 18.2 Å². The zero-order chi connectivity index (χ0) is 10.3. The summed E-state index contributed by atoms with van der Waals surface area (Å²) >= 11 is 0. The Hall–Kier alpha value is -1.72. The SMILES string of the molecule is O=c1[nH][nH]c2cc(C(F)(F)F)ccc12. The van der Waals surface area contributed by atoms with Crippen LogP contribution in [0.25, 0.3) is 10.9 Å². The molecule has 0 unspecified atom stereocenters. The topological polar surface area (TPSA) is 48.6 Å². The van der Waals surface area contributed by atoms with Gasteiger partial charge in [0.25, 0.3) is 5.56 Å². The molecule has 0 radical (unpaired) electrons. The monoisotopic (exact) mass is 202 g/mol. The first-order valence-corrected chi connectivity index (χ1v) is 3.76. The van der Waals surface area contributed by atoms with Gasteiger partial charge in [0.1, 0.15) is 0 Å². The molecular weight excluding hydrogens is 197 g/mol. The average molecular weight is 202 g/mol. The molecule has 0 bridgehead atoms. The summed E-state index contributed by atoms with van der Waals surface area (Å²) in [6.07, 6.45) is -4.39. The lowest BCUT2D eigenvalue weighted by Crippen LogP contribution is -2.04. The lowest BCUT2D eigenvalue weighted by atomic mass is 10.1. The third-order valence-electron chi connectivity index (χ3n) is 1.90. The number of aromatic nitrogens is 2. The standard InChI is InChI=1S/C8H5F3N2O/c9-8(10,11)4-1-2-5-6(3-4)12-13-7(5)14/h1-3H,(H2,12,13,14). The molecule has 0 saturated heterocycles. The number of hydrogen-bond donors (Lipinski definition) is 2. The molecule has 2 aromatic rings. The van der Waals surface area contributed by atoms with E-state index in [2.05, 4.69) is 10.2 Å². The van der Waals surface area contributed by atoms with Gasteiger partial charge in [-0.1, -0.05) is 0 Å². The van der Waals surface area contributed by atoms with Crippen LogP contribution in [-0.4, -0.2) is 10.2 Å². The molecule has 2 rings (SSSR count). The normalized spacial score (nSPS) is 12.2. The Balaban J connectivity index is 2.69. The van der Waals surface area contributed by atoms with Crippen LogP contribution >= 0.6 is 0 Å². The Morgan fingerprint density at radius 2 is 1.86 bits per heavy atom. The molecule has 1 aromatic heterocycles. The fourth-order valence-electron chi connectivity index (χ4n) is 1.21. The van der Waals surface area contributed by atoms with E-state index in [1.165, 1.54) is 0 Å². The van der Waals surface area contributed by atoms with Crippen molar-refractivity contribution in [1.82, 2.24) is 10.2 Å². The predicted octanol–water partition coefficient (Wildman–Crippen LogP) is 1.87. The number of hydrogen-bond acceptors (Lipinski definition) is 1. The van der Waals surface area contributed by atoms with Crippen LogP contribution in [-0.2, 0) is 6.18 Å². The van der Waals surface area contributed by atoms with Gasteiger partial charge in [0.05, 0.1) is 16.5 Å². The van der Waals surface area contributed by atoms with Crippen molar-refractivity contribution in [1.29, 1.82) is 0 Å². The number of nitrogens with one attached hydrogen (secondary N) is 2. The van der Waals surface area contributed by atoms with Gasteiger partial charge in [-0.25, -0.2) is 0 Å². The Kier molecular flexibility index (Phi) is 1.67. The molecular formula is C8H5F3N2O. The van der Waals surface area contributed by atoms with E-state index in [-0.39, 0.29) is 10.9 Å². The second-order valence-corrected chi connectivity index (χ2v) is 2.84. The lowest BCUT2D eigenvalue weighted by molar-refractivity contribution is -0.137. The highest BCUT2D eigenvalue weighted by Crippen LogP contribution is 2.30. The third-order valence-corrected chi connectivity index (χ3v) is 1.90. The van der Waals surface area contributed by atoms with Crippen LogP contribution in [0.5, 0.6) is 0 Å². The van der Waals surface area contributed by atoms with Crippen molar-refractivity contribution < 1.29 is 13.2 Å². The fourth-order valence-corrected chi connectivity index (χ4v) is 1.21. The first-order valence-electron chi connectivity index (χ1n) is 3.76. The molecule has 1 heterocycles. The van der Waals surface area contributed by atoms with E-state index in [9.17, 15) is 18.0 Å². The summed E-state index contributed by atoms with van der Waals surface area (Å²) in [4.78, 5) is 11.0. The highest BCUT2D eigenvalue weighted by atomic mass is 19.4. The van der Waals surface area contributed by atoms with Crippen LogP contribution in [0.15, 0.2) is 23.0 Å². The first kappa shape index (κ1) is 8.86. The summed E-state index contributed by atoms with van der Waals surface area (Å²) in [5.74, 6) is 0. The molecule has 0 aliphatic rings. The minimum absolute atomic E-state index is 0.157. The van der Waals surface area contributed by atoms with E-state index >= 15 is 0 Å². The lowest BCUT2D eigenvalue weighted by Gasteiger charge is -2.04. The highest BCUT2D eigenvalue weighted by molar-refractivity contribution is 5.78. The van der Waals surface area contributed by atoms with E-state index in [1.807, 2.05) is 0 Å². The second-order valence-electron chi connectivity index (χ2n) is 2.84. The fraction of sp³-hybridized carbons (Fsp3) is 0.125. The van der Waals surface area contributed by atoms with Crippen LogP contribution in [0.3, 0.4) is 0 Å². The van der Waals surface area contributed by atoms with Gasteiger partial charge in [0, 0.05) is 0 Å². The summed E-state index contributed by atoms with van der Waals surface area (Å²) in [6, 6.07) is 2.92. The van der Waals surface area contributed by atoms with Crippen molar-refractivity contribution in [2.24, 2.45) is 0 Å². The number of fused-ring (bicyclic) bond motifs is 1. The molecule has 0 aliphatic heterocycles. The van der Waals surface area contributed by atoms with Gasteiger partial charge in [0.2, 0.25) is 0 Å². The smallest absolute Gasteiger partial charge is 0.298 e. The quantitative estimate of drug-likeness (QED) is 0.673. The van der Waals surface area contributed by atoms with Crippen molar-refractivity contribution >= 4 is 10.9 Å². The van der Waals surface area contributed by atoms with Gasteiger partial charge in [-0.2, -0.15) is 13.2 Å². The number of benzene rings is 1. The van der Waals surface area contributed by atoms with Crippen LogP contribution in [0.1, 0.15) is 5.56 Å². The predicted molar refractivity (Wildman–Crippen MR) is 43.9 cm³/mol. The Morgan fingerprint density at radius 1 is 1.14 bits per heavy atom. The second kappa shape index (κ2) is 2.63. The van der Waals surface area contributed by atoms with E-state index < -0.39 is 17.3 Å². The maximum atomic E-state index is 12.2. The maximum absolute atomic E-state index is 12.2. The highest BCUT2D eigenvalue weighted by Gasteiger charge is 2.30. The number of alkyl halides is 3. The Morgan fingerprint density at radius 3 is 2.50 bits per heavy atom. The largest absolute Gasteiger partial charge is 0.416 e. The zero-order valence-electron chi connectivity index (χ0n) is 6.77. The van der Waals surface area contributed by atoms with Crippen LogP contribution in [0.2, 0.25) is 0 Å². The summed E-state index contributed by atoms with van der Waals surface area (Å²) in [6.45, 7) is 0. The van der Waals surface area contributed by atoms with Crippen molar-refractivity contribution in [3.8, 4) is 0 Å². The van der Waals surface area contributed by atoms with Crippen LogP contribution in [0, 0.1) is 0 Å². The summed E-state index contributed by atoms with van der Waals surface area (Å²) in [5.41, 5.74) is -1.04. The zero-order valence-corrected chi connectivity index (χ0v) is 6.77. The van der Waals surface area contributed by atoms with Crippen LogP contribution < -0.4 is 5.56 Å². The van der Waals surface area contributed by atoms with Gasteiger partial charge in [-0.3, -0.25) is 15.0 Å². The average Bonchev–Trinajstić information content (AvgIpc) is 2.46. The van der Waals surface area contributed by atoms with Crippen LogP contribution in [0.4, 0.5) is 13.2 Å². The van der Waals surface area contributed by atoms with E-state index in [1.54, 1.807) is 0 Å². The summed E-state index contributed by atoms with van der Waals surface area (Å²) in [7, 11) is 0. The molecule has 74 valence electrons. The van der Waals surface area contributed by atoms with Crippen molar-refractivity contribution in [2.45, 2.75) is 6.18 Å². The number of halogens is 3.